The predicted molar refractivity (Wildman–Crippen MR) is 64.2 cm³/mol. The maximum absolute atomic E-state index is 10.7. The first-order valence-electron chi connectivity index (χ1n) is 5.24. The van der Waals surface area contributed by atoms with Crippen molar-refractivity contribution in [3.05, 3.63) is 17.7 Å². The molecule has 1 aromatic rings. The van der Waals surface area contributed by atoms with E-state index in [1.807, 2.05) is 0 Å². The summed E-state index contributed by atoms with van der Waals surface area (Å²) < 4.78 is 15.6. The van der Waals surface area contributed by atoms with Crippen LogP contribution >= 0.6 is 0 Å². The highest BCUT2D eigenvalue weighted by atomic mass is 16.5. The predicted octanol–water partition coefficient (Wildman–Crippen LogP) is 0.770. The van der Waals surface area contributed by atoms with Gasteiger partial charge in [-0.15, -0.1) is 0 Å². The zero-order valence-corrected chi connectivity index (χ0v) is 10.3. The summed E-state index contributed by atoms with van der Waals surface area (Å²) in [6, 6.07) is 3.05. The van der Waals surface area contributed by atoms with Gasteiger partial charge in [-0.2, -0.15) is 0 Å². The first-order chi connectivity index (χ1) is 8.62. The van der Waals surface area contributed by atoms with E-state index in [0.29, 0.717) is 29.1 Å². The summed E-state index contributed by atoms with van der Waals surface area (Å²) in [7, 11) is 2.90. The van der Waals surface area contributed by atoms with Gasteiger partial charge < -0.3 is 19.9 Å². The second kappa shape index (κ2) is 6.48. The van der Waals surface area contributed by atoms with Gasteiger partial charge in [0.1, 0.15) is 6.29 Å². The van der Waals surface area contributed by atoms with Crippen molar-refractivity contribution < 1.29 is 23.8 Å². The molecule has 1 rings (SSSR count). The molecule has 6 heteroatoms. The Balaban J connectivity index is 2.99. The first-order valence-corrected chi connectivity index (χ1v) is 5.24. The number of benzene rings is 1. The number of nitrogens with two attached hydrogens (primary N) is 1. The van der Waals surface area contributed by atoms with Gasteiger partial charge in [-0.1, -0.05) is 0 Å². The molecule has 1 aromatic carbocycles. The number of hydrogen-bond acceptors (Lipinski definition) is 5. The summed E-state index contributed by atoms with van der Waals surface area (Å²) >= 11 is 0. The molecule has 0 radical (unpaired) electrons. The molecule has 6 nitrogen and oxygen atoms in total. The molecule has 0 aliphatic rings. The second-order valence-electron chi connectivity index (χ2n) is 3.44. The smallest absolute Gasteiger partial charge is 0.220 e. The Hall–Kier alpha value is -2.24. The third-order valence-electron chi connectivity index (χ3n) is 2.21. The van der Waals surface area contributed by atoms with Crippen LogP contribution in [0.3, 0.4) is 0 Å². The van der Waals surface area contributed by atoms with E-state index in [1.165, 1.54) is 26.4 Å². The quantitative estimate of drug-likeness (QED) is 0.725. The van der Waals surface area contributed by atoms with Gasteiger partial charge in [0.25, 0.3) is 0 Å². The number of hydrogen-bond donors (Lipinski definition) is 1. The van der Waals surface area contributed by atoms with Gasteiger partial charge in [0, 0.05) is 5.56 Å². The first kappa shape index (κ1) is 13.8. The van der Waals surface area contributed by atoms with Crippen LogP contribution in [0.25, 0.3) is 0 Å². The molecule has 0 saturated heterocycles. The molecular formula is C12H15NO5. The molecule has 0 aromatic heterocycles. The number of methoxy groups -OCH3 is 2. The van der Waals surface area contributed by atoms with Crippen LogP contribution in [-0.4, -0.2) is 33.0 Å². The molecule has 1 amide bonds. The Morgan fingerprint density at radius 1 is 1.28 bits per heavy atom. The summed E-state index contributed by atoms with van der Waals surface area (Å²) in [5, 5.41) is 0. The topological polar surface area (TPSA) is 87.8 Å². The Kier molecular flexibility index (Phi) is 4.98. The van der Waals surface area contributed by atoms with Crippen LogP contribution in [0.5, 0.6) is 17.2 Å². The van der Waals surface area contributed by atoms with Crippen LogP contribution in [0.2, 0.25) is 0 Å². The molecule has 0 atom stereocenters. The van der Waals surface area contributed by atoms with Crippen molar-refractivity contribution in [1.29, 1.82) is 0 Å². The summed E-state index contributed by atoms with van der Waals surface area (Å²) in [4.78, 5) is 21.4. The van der Waals surface area contributed by atoms with E-state index in [-0.39, 0.29) is 13.0 Å². The van der Waals surface area contributed by atoms with Gasteiger partial charge >= 0.3 is 0 Å². The minimum absolute atomic E-state index is 0.0851. The highest BCUT2D eigenvalue weighted by Crippen LogP contribution is 2.38. The molecule has 0 aliphatic heterocycles. The zero-order valence-electron chi connectivity index (χ0n) is 10.3. The van der Waals surface area contributed by atoms with Crippen molar-refractivity contribution in [2.24, 2.45) is 5.73 Å². The number of primary amides is 1. The van der Waals surface area contributed by atoms with Crippen LogP contribution < -0.4 is 19.9 Å². The minimum atomic E-state index is -0.461. The molecule has 0 aliphatic carbocycles. The lowest BCUT2D eigenvalue weighted by Gasteiger charge is -2.14. The maximum Gasteiger partial charge on any atom is 0.220 e. The van der Waals surface area contributed by atoms with E-state index >= 15 is 0 Å². The second-order valence-corrected chi connectivity index (χ2v) is 3.44. The van der Waals surface area contributed by atoms with Gasteiger partial charge in [-0.25, -0.2) is 0 Å². The van der Waals surface area contributed by atoms with Crippen molar-refractivity contribution >= 4 is 12.2 Å². The fraction of sp³-hybridized carbons (Fsp3) is 0.333. The average molecular weight is 253 g/mol. The minimum Gasteiger partial charge on any atom is -0.493 e. The summed E-state index contributed by atoms with van der Waals surface area (Å²) in [6.45, 7) is 0.114. The molecule has 0 spiro atoms. The number of rotatable bonds is 7. The van der Waals surface area contributed by atoms with Gasteiger partial charge in [0.15, 0.2) is 11.5 Å². The van der Waals surface area contributed by atoms with Crippen molar-refractivity contribution in [2.45, 2.75) is 6.42 Å². The summed E-state index contributed by atoms with van der Waals surface area (Å²) in [6.07, 6.45) is 0.764. The van der Waals surface area contributed by atoms with Crippen molar-refractivity contribution in [3.8, 4) is 17.2 Å². The van der Waals surface area contributed by atoms with Crippen molar-refractivity contribution in [3.63, 3.8) is 0 Å². The molecule has 0 fully saturated rings. The van der Waals surface area contributed by atoms with Gasteiger partial charge in [-0.05, 0) is 12.1 Å². The molecule has 98 valence electrons. The average Bonchev–Trinajstić information content (AvgIpc) is 2.37. The highest BCUT2D eigenvalue weighted by Gasteiger charge is 2.14. The fourth-order valence-electron chi connectivity index (χ4n) is 1.36. The van der Waals surface area contributed by atoms with Crippen LogP contribution in [0.4, 0.5) is 0 Å². The molecular weight excluding hydrogens is 238 g/mol. The maximum atomic E-state index is 10.7. The van der Waals surface area contributed by atoms with Gasteiger partial charge in [0.2, 0.25) is 11.7 Å². The van der Waals surface area contributed by atoms with E-state index < -0.39 is 5.91 Å². The van der Waals surface area contributed by atoms with Crippen LogP contribution in [0, 0.1) is 0 Å². The molecule has 0 bridgehead atoms. The van der Waals surface area contributed by atoms with E-state index in [0.717, 1.165) is 0 Å². The lowest BCUT2D eigenvalue weighted by molar-refractivity contribution is -0.118. The largest absolute Gasteiger partial charge is 0.493 e. The Bertz CT molecular complexity index is 419. The van der Waals surface area contributed by atoms with Crippen LogP contribution in [0.1, 0.15) is 16.8 Å². The zero-order chi connectivity index (χ0) is 13.5. The molecule has 0 saturated carbocycles. The third-order valence-corrected chi connectivity index (χ3v) is 2.21. The standard InChI is InChI=1S/C12H15NO5/c1-16-9-5-8(7-14)6-10(17-2)12(9)18-4-3-11(13)15/h5-7H,3-4H2,1-2H3,(H2,13,15). The number of ether oxygens (including phenoxy) is 3. The fourth-order valence-corrected chi connectivity index (χ4v) is 1.36. The number of amides is 1. The van der Waals surface area contributed by atoms with Crippen LogP contribution in [-0.2, 0) is 4.79 Å². The number of carbonyl (C=O) groups is 2. The van der Waals surface area contributed by atoms with Gasteiger partial charge in [0.05, 0.1) is 27.2 Å². The van der Waals surface area contributed by atoms with E-state index in [4.69, 9.17) is 19.9 Å². The Morgan fingerprint density at radius 2 is 1.83 bits per heavy atom. The number of carbonyl (C=O) groups excluding carboxylic acids is 2. The molecule has 2 N–H and O–H groups in total. The van der Waals surface area contributed by atoms with E-state index in [1.54, 1.807) is 0 Å². The summed E-state index contributed by atoms with van der Waals surface area (Å²) in [5.74, 6) is 0.603. The van der Waals surface area contributed by atoms with Gasteiger partial charge in [-0.3, -0.25) is 9.59 Å². The molecule has 0 unspecified atom stereocenters. The van der Waals surface area contributed by atoms with Crippen molar-refractivity contribution in [2.75, 3.05) is 20.8 Å². The Morgan fingerprint density at radius 3 is 2.22 bits per heavy atom. The Labute approximate surface area is 105 Å². The number of aldehydes is 1. The highest BCUT2D eigenvalue weighted by molar-refractivity contribution is 5.78. The summed E-state index contributed by atoms with van der Waals surface area (Å²) in [5.41, 5.74) is 5.42. The SMILES string of the molecule is COc1cc(C=O)cc(OC)c1OCCC(N)=O. The van der Waals surface area contributed by atoms with E-state index in [2.05, 4.69) is 0 Å². The molecule has 0 heterocycles. The molecule has 18 heavy (non-hydrogen) atoms. The third kappa shape index (κ3) is 3.38. The lowest BCUT2D eigenvalue weighted by Crippen LogP contribution is -2.15. The van der Waals surface area contributed by atoms with Crippen molar-refractivity contribution in [1.82, 2.24) is 0 Å². The van der Waals surface area contributed by atoms with E-state index in [9.17, 15) is 9.59 Å². The van der Waals surface area contributed by atoms with Crippen LogP contribution in [0.15, 0.2) is 12.1 Å². The lowest BCUT2D eigenvalue weighted by atomic mass is 10.2. The normalized spacial score (nSPS) is 9.67. The monoisotopic (exact) mass is 253 g/mol.